The lowest BCUT2D eigenvalue weighted by Crippen LogP contribution is -1.96. The molecule has 0 fully saturated rings. The van der Waals surface area contributed by atoms with Crippen LogP contribution in [-0.2, 0) is 6.42 Å². The number of hydrogen-bond donors (Lipinski definition) is 1. The molecule has 2 aromatic rings. The summed E-state index contributed by atoms with van der Waals surface area (Å²) in [6.07, 6.45) is 0.714. The van der Waals surface area contributed by atoms with E-state index >= 15 is 0 Å². The Morgan fingerprint density at radius 2 is 1.75 bits per heavy atom. The Balaban J connectivity index is 2.27. The van der Waals surface area contributed by atoms with Gasteiger partial charge in [-0.25, -0.2) is 4.39 Å². The predicted molar refractivity (Wildman–Crippen MR) is 67.8 cm³/mol. The molecule has 0 radical (unpaired) electrons. The van der Waals surface area contributed by atoms with Crippen molar-refractivity contribution in [1.29, 1.82) is 0 Å². The van der Waals surface area contributed by atoms with Crippen LogP contribution in [0, 0.1) is 5.82 Å². The molecule has 0 atom stereocenters. The summed E-state index contributed by atoms with van der Waals surface area (Å²) in [5.41, 5.74) is 8.77. The summed E-state index contributed by atoms with van der Waals surface area (Å²) in [6, 6.07) is 12.3. The minimum atomic E-state index is -0.217. The molecule has 0 aromatic heterocycles. The van der Waals surface area contributed by atoms with Crippen molar-refractivity contribution in [2.24, 2.45) is 0 Å². The Kier molecular flexibility index (Phi) is 3.25. The molecule has 1 nitrogen and oxygen atoms in total. The number of halogens is 2. The van der Waals surface area contributed by atoms with E-state index in [0.29, 0.717) is 6.42 Å². The molecule has 0 aliphatic rings. The first kappa shape index (κ1) is 11.1. The number of benzene rings is 2. The van der Waals surface area contributed by atoms with Crippen molar-refractivity contribution < 1.29 is 4.39 Å². The monoisotopic (exact) mass is 279 g/mol. The largest absolute Gasteiger partial charge is 0.398 e. The number of rotatable bonds is 2. The van der Waals surface area contributed by atoms with Crippen molar-refractivity contribution in [2.45, 2.75) is 6.42 Å². The third kappa shape index (κ3) is 2.42. The lowest BCUT2D eigenvalue weighted by atomic mass is 10.0. The fourth-order valence-electron chi connectivity index (χ4n) is 1.56. The molecule has 0 bridgehead atoms. The summed E-state index contributed by atoms with van der Waals surface area (Å²) in [7, 11) is 0. The van der Waals surface area contributed by atoms with Crippen LogP contribution >= 0.6 is 15.9 Å². The minimum absolute atomic E-state index is 0.217. The molecule has 2 N–H and O–H groups in total. The number of para-hydroxylation sites is 1. The highest BCUT2D eigenvalue weighted by atomic mass is 79.9. The van der Waals surface area contributed by atoms with Gasteiger partial charge in [-0.1, -0.05) is 24.3 Å². The first-order chi connectivity index (χ1) is 7.66. The molecule has 0 saturated carbocycles. The topological polar surface area (TPSA) is 26.0 Å². The standard InChI is InChI=1S/C13H11BrFN/c14-12-3-1-2-10(13(12)16)8-9-4-6-11(15)7-5-9/h1-7H,8,16H2. The van der Waals surface area contributed by atoms with Gasteiger partial charge in [0.05, 0.1) is 0 Å². The molecule has 2 aromatic carbocycles. The van der Waals surface area contributed by atoms with Gasteiger partial charge < -0.3 is 5.73 Å². The first-order valence-corrected chi connectivity index (χ1v) is 5.73. The van der Waals surface area contributed by atoms with Gasteiger partial charge >= 0.3 is 0 Å². The van der Waals surface area contributed by atoms with Crippen molar-refractivity contribution in [3.05, 3.63) is 63.9 Å². The Hall–Kier alpha value is -1.35. The third-order valence-electron chi connectivity index (χ3n) is 2.45. The quantitative estimate of drug-likeness (QED) is 0.833. The van der Waals surface area contributed by atoms with Crippen LogP contribution in [0.3, 0.4) is 0 Å². The maximum atomic E-state index is 12.7. The van der Waals surface area contributed by atoms with Crippen molar-refractivity contribution >= 4 is 21.6 Å². The van der Waals surface area contributed by atoms with E-state index in [0.717, 1.165) is 21.3 Å². The number of nitrogens with two attached hydrogens (primary N) is 1. The molecule has 2 rings (SSSR count). The molecule has 0 spiro atoms. The number of anilines is 1. The van der Waals surface area contributed by atoms with Crippen LogP contribution in [0.25, 0.3) is 0 Å². The average molecular weight is 280 g/mol. The first-order valence-electron chi connectivity index (χ1n) is 4.94. The zero-order chi connectivity index (χ0) is 11.5. The van der Waals surface area contributed by atoms with Crippen LogP contribution in [0.15, 0.2) is 46.9 Å². The zero-order valence-corrected chi connectivity index (χ0v) is 10.2. The van der Waals surface area contributed by atoms with Gasteiger partial charge in [0.2, 0.25) is 0 Å². The lowest BCUT2D eigenvalue weighted by molar-refractivity contribution is 0.627. The maximum Gasteiger partial charge on any atom is 0.123 e. The highest BCUT2D eigenvalue weighted by Gasteiger charge is 2.03. The molecule has 0 amide bonds. The van der Waals surface area contributed by atoms with E-state index in [-0.39, 0.29) is 5.82 Å². The van der Waals surface area contributed by atoms with Gasteiger partial charge in [-0.2, -0.15) is 0 Å². The van der Waals surface area contributed by atoms with E-state index in [4.69, 9.17) is 5.73 Å². The van der Waals surface area contributed by atoms with Crippen molar-refractivity contribution in [2.75, 3.05) is 5.73 Å². The zero-order valence-electron chi connectivity index (χ0n) is 8.58. The highest BCUT2D eigenvalue weighted by Crippen LogP contribution is 2.25. The molecule has 0 aliphatic heterocycles. The van der Waals surface area contributed by atoms with Crippen LogP contribution in [0.5, 0.6) is 0 Å². The van der Waals surface area contributed by atoms with Gasteiger partial charge in [-0.05, 0) is 51.7 Å². The fourth-order valence-corrected chi connectivity index (χ4v) is 1.97. The molecule has 3 heteroatoms. The molecule has 82 valence electrons. The van der Waals surface area contributed by atoms with Crippen LogP contribution in [0.4, 0.5) is 10.1 Å². The fraction of sp³-hybridized carbons (Fsp3) is 0.0769. The summed E-state index contributed by atoms with van der Waals surface area (Å²) < 4.78 is 13.6. The van der Waals surface area contributed by atoms with E-state index < -0.39 is 0 Å². The van der Waals surface area contributed by atoms with E-state index in [1.165, 1.54) is 12.1 Å². The minimum Gasteiger partial charge on any atom is -0.398 e. The van der Waals surface area contributed by atoms with Gasteiger partial charge in [0.1, 0.15) is 5.82 Å². The van der Waals surface area contributed by atoms with Gasteiger partial charge in [0.15, 0.2) is 0 Å². The van der Waals surface area contributed by atoms with Gasteiger partial charge in [0, 0.05) is 10.2 Å². The molecule has 16 heavy (non-hydrogen) atoms. The maximum absolute atomic E-state index is 12.7. The van der Waals surface area contributed by atoms with Gasteiger partial charge in [-0.15, -0.1) is 0 Å². The summed E-state index contributed by atoms with van der Waals surface area (Å²) in [5.74, 6) is -0.217. The molecule has 0 unspecified atom stereocenters. The summed E-state index contributed by atoms with van der Waals surface area (Å²) in [4.78, 5) is 0. The van der Waals surface area contributed by atoms with Crippen LogP contribution in [0.2, 0.25) is 0 Å². The van der Waals surface area contributed by atoms with Crippen LogP contribution in [-0.4, -0.2) is 0 Å². The summed E-state index contributed by atoms with van der Waals surface area (Å²) in [5, 5.41) is 0. The van der Waals surface area contributed by atoms with E-state index in [9.17, 15) is 4.39 Å². The molecule has 0 aliphatic carbocycles. The van der Waals surface area contributed by atoms with Crippen molar-refractivity contribution in [3.8, 4) is 0 Å². The molecular weight excluding hydrogens is 269 g/mol. The Morgan fingerprint density at radius 1 is 1.06 bits per heavy atom. The second kappa shape index (κ2) is 4.66. The summed E-state index contributed by atoms with van der Waals surface area (Å²) in [6.45, 7) is 0. The highest BCUT2D eigenvalue weighted by molar-refractivity contribution is 9.10. The lowest BCUT2D eigenvalue weighted by Gasteiger charge is -2.07. The summed E-state index contributed by atoms with van der Waals surface area (Å²) >= 11 is 3.39. The van der Waals surface area contributed by atoms with E-state index in [1.54, 1.807) is 12.1 Å². The molecule has 0 heterocycles. The average Bonchev–Trinajstić information content (AvgIpc) is 2.28. The van der Waals surface area contributed by atoms with Crippen LogP contribution in [0.1, 0.15) is 11.1 Å². The van der Waals surface area contributed by atoms with E-state index in [2.05, 4.69) is 15.9 Å². The second-order valence-corrected chi connectivity index (χ2v) is 4.47. The van der Waals surface area contributed by atoms with Gasteiger partial charge in [-0.3, -0.25) is 0 Å². The smallest absolute Gasteiger partial charge is 0.123 e. The Morgan fingerprint density at radius 3 is 2.44 bits per heavy atom. The van der Waals surface area contributed by atoms with E-state index in [1.807, 2.05) is 18.2 Å². The second-order valence-electron chi connectivity index (χ2n) is 3.62. The van der Waals surface area contributed by atoms with Crippen molar-refractivity contribution in [1.82, 2.24) is 0 Å². The van der Waals surface area contributed by atoms with Gasteiger partial charge in [0.25, 0.3) is 0 Å². The predicted octanol–water partition coefficient (Wildman–Crippen LogP) is 3.76. The number of hydrogen-bond acceptors (Lipinski definition) is 1. The SMILES string of the molecule is Nc1c(Br)cccc1Cc1ccc(F)cc1. The Labute approximate surface area is 102 Å². The third-order valence-corrected chi connectivity index (χ3v) is 3.14. The Bertz CT molecular complexity index is 494. The normalized spacial score (nSPS) is 10.4. The number of nitrogen functional groups attached to an aromatic ring is 1. The van der Waals surface area contributed by atoms with Crippen LogP contribution < -0.4 is 5.73 Å². The molecule has 0 saturated heterocycles. The van der Waals surface area contributed by atoms with Crippen molar-refractivity contribution in [3.63, 3.8) is 0 Å². The molecular formula is C13H11BrFN.